The molecule has 0 aliphatic carbocycles. The van der Waals surface area contributed by atoms with Gasteiger partial charge in [0.25, 0.3) is 0 Å². The van der Waals surface area contributed by atoms with Crippen molar-refractivity contribution in [2.75, 3.05) is 24.7 Å². The van der Waals surface area contributed by atoms with Gasteiger partial charge in [-0.15, -0.1) is 0 Å². The summed E-state index contributed by atoms with van der Waals surface area (Å²) >= 11 is -0.0685. The third kappa shape index (κ3) is 4.68. The van der Waals surface area contributed by atoms with Crippen LogP contribution in [0.5, 0.6) is 5.88 Å². The molecule has 4 nitrogen and oxygen atoms in total. The number of alkyl halides is 3. The molecule has 0 atom stereocenters. The summed E-state index contributed by atoms with van der Waals surface area (Å²) in [5.41, 5.74) is -3.52. The minimum atomic E-state index is -4.19. The summed E-state index contributed by atoms with van der Waals surface area (Å²) in [7, 11) is 1.47. The summed E-state index contributed by atoms with van der Waals surface area (Å²) in [5.74, 6) is 0.820. The first kappa shape index (κ1) is 13.9. The average Bonchev–Trinajstić information content (AvgIpc) is 2.25. The van der Waals surface area contributed by atoms with E-state index in [0.29, 0.717) is 17.3 Å². The van der Waals surface area contributed by atoms with Gasteiger partial charge in [-0.25, -0.2) is 9.97 Å². The molecule has 1 heterocycles. The van der Waals surface area contributed by atoms with Crippen molar-refractivity contribution in [3.8, 4) is 5.88 Å². The smallest absolute Gasteiger partial charge is 0.441 e. The minimum Gasteiger partial charge on any atom is -0.481 e. The van der Waals surface area contributed by atoms with Crippen molar-refractivity contribution >= 4 is 17.6 Å². The Morgan fingerprint density at radius 2 is 2.12 bits per heavy atom. The van der Waals surface area contributed by atoms with Crippen molar-refractivity contribution in [2.45, 2.75) is 12.4 Å². The van der Waals surface area contributed by atoms with Gasteiger partial charge in [0.05, 0.1) is 12.7 Å². The average molecular weight is 267 g/mol. The van der Waals surface area contributed by atoms with Gasteiger partial charge in [-0.2, -0.15) is 13.2 Å². The van der Waals surface area contributed by atoms with Crippen LogP contribution in [0.2, 0.25) is 0 Å². The Balaban J connectivity index is 2.47. The topological polar surface area (TPSA) is 47.0 Å². The van der Waals surface area contributed by atoms with Gasteiger partial charge in [0.1, 0.15) is 12.1 Å². The van der Waals surface area contributed by atoms with E-state index < -0.39 is 5.51 Å². The number of thioether (sulfide) groups is 1. The SMILES string of the molecule is COc1ncnc(NCCSC(F)(F)F)c1C. The summed E-state index contributed by atoms with van der Waals surface area (Å²) in [4.78, 5) is 7.79. The van der Waals surface area contributed by atoms with Gasteiger partial charge < -0.3 is 10.1 Å². The highest BCUT2D eigenvalue weighted by Gasteiger charge is 2.27. The molecule has 1 rings (SSSR count). The van der Waals surface area contributed by atoms with E-state index in [1.165, 1.54) is 13.4 Å². The predicted molar refractivity (Wildman–Crippen MR) is 60.3 cm³/mol. The highest BCUT2D eigenvalue weighted by Crippen LogP contribution is 2.29. The molecule has 17 heavy (non-hydrogen) atoms. The molecule has 0 fully saturated rings. The van der Waals surface area contributed by atoms with Crippen molar-refractivity contribution in [3.05, 3.63) is 11.9 Å². The Kier molecular flexibility index (Phi) is 4.86. The third-order valence-corrected chi connectivity index (χ3v) is 2.63. The van der Waals surface area contributed by atoms with Gasteiger partial charge in [0.15, 0.2) is 0 Å². The molecule has 1 aromatic rings. The number of rotatable bonds is 5. The fraction of sp³-hybridized carbons (Fsp3) is 0.556. The molecule has 0 radical (unpaired) electrons. The second kappa shape index (κ2) is 5.95. The van der Waals surface area contributed by atoms with Crippen LogP contribution in [0.25, 0.3) is 0 Å². The van der Waals surface area contributed by atoms with Crippen LogP contribution in [-0.2, 0) is 0 Å². The van der Waals surface area contributed by atoms with Gasteiger partial charge >= 0.3 is 5.51 Å². The lowest BCUT2D eigenvalue weighted by Gasteiger charge is -2.10. The second-order valence-electron chi connectivity index (χ2n) is 3.08. The number of nitrogens with one attached hydrogen (secondary N) is 1. The first-order valence-electron chi connectivity index (χ1n) is 4.74. The molecule has 0 aliphatic heterocycles. The molecule has 1 aromatic heterocycles. The molecule has 0 aliphatic rings. The zero-order valence-electron chi connectivity index (χ0n) is 9.34. The first-order valence-corrected chi connectivity index (χ1v) is 5.72. The maximum Gasteiger partial charge on any atom is 0.441 e. The van der Waals surface area contributed by atoms with E-state index >= 15 is 0 Å². The quantitative estimate of drug-likeness (QED) is 0.830. The second-order valence-corrected chi connectivity index (χ2v) is 4.24. The van der Waals surface area contributed by atoms with E-state index in [9.17, 15) is 13.2 Å². The Labute approximate surface area is 101 Å². The number of aromatic nitrogens is 2. The Morgan fingerprint density at radius 1 is 1.41 bits per heavy atom. The Bertz CT molecular complexity index is 373. The predicted octanol–water partition coefficient (Wildman–Crippen LogP) is 2.46. The molecule has 96 valence electrons. The molecule has 8 heteroatoms. The molecule has 1 N–H and O–H groups in total. The van der Waals surface area contributed by atoms with Crippen LogP contribution in [0.4, 0.5) is 19.0 Å². The molecule has 0 aromatic carbocycles. The third-order valence-electron chi connectivity index (χ3n) is 1.89. The lowest BCUT2D eigenvalue weighted by atomic mass is 10.3. The number of halogens is 3. The Morgan fingerprint density at radius 3 is 2.71 bits per heavy atom. The summed E-state index contributed by atoms with van der Waals surface area (Å²) in [6.45, 7) is 1.91. The number of methoxy groups -OCH3 is 1. The molecule has 0 saturated carbocycles. The standard InChI is InChI=1S/C9H12F3N3OS/c1-6-7(14-5-15-8(6)16-2)13-3-4-17-9(10,11)12/h5H,3-4H2,1-2H3,(H,13,14,15). The highest BCUT2D eigenvalue weighted by molar-refractivity contribution is 8.00. The molecule has 0 unspecified atom stereocenters. The van der Waals surface area contributed by atoms with Gasteiger partial charge in [0.2, 0.25) is 5.88 Å². The molecular weight excluding hydrogens is 255 g/mol. The van der Waals surface area contributed by atoms with Crippen LogP contribution in [0, 0.1) is 6.92 Å². The fourth-order valence-corrected chi connectivity index (χ4v) is 1.59. The van der Waals surface area contributed by atoms with E-state index in [1.807, 2.05) is 0 Å². The molecule has 0 saturated heterocycles. The number of anilines is 1. The van der Waals surface area contributed by atoms with Crippen LogP contribution in [-0.4, -0.2) is 34.9 Å². The molecule has 0 amide bonds. The van der Waals surface area contributed by atoms with Crippen LogP contribution in [0.3, 0.4) is 0 Å². The van der Waals surface area contributed by atoms with Gasteiger partial charge in [-0.3, -0.25) is 0 Å². The van der Waals surface area contributed by atoms with Crippen molar-refractivity contribution in [2.24, 2.45) is 0 Å². The van der Waals surface area contributed by atoms with Gasteiger partial charge in [0, 0.05) is 12.3 Å². The van der Waals surface area contributed by atoms with E-state index in [0.717, 1.165) is 0 Å². The maximum atomic E-state index is 11.9. The number of hydrogen-bond donors (Lipinski definition) is 1. The van der Waals surface area contributed by atoms with Crippen LogP contribution < -0.4 is 10.1 Å². The summed E-state index contributed by atoms with van der Waals surface area (Å²) in [5, 5.41) is 2.81. The van der Waals surface area contributed by atoms with Gasteiger partial charge in [-0.1, -0.05) is 0 Å². The lowest BCUT2D eigenvalue weighted by Crippen LogP contribution is -2.11. The summed E-state index contributed by atoms with van der Waals surface area (Å²) < 4.78 is 40.6. The normalized spacial score (nSPS) is 11.4. The molecule has 0 spiro atoms. The summed E-state index contributed by atoms with van der Waals surface area (Å²) in [6.07, 6.45) is 1.30. The van der Waals surface area contributed by atoms with E-state index in [4.69, 9.17) is 4.74 Å². The van der Waals surface area contributed by atoms with Crippen LogP contribution >= 0.6 is 11.8 Å². The maximum absolute atomic E-state index is 11.9. The van der Waals surface area contributed by atoms with Crippen molar-refractivity contribution in [1.82, 2.24) is 9.97 Å². The monoisotopic (exact) mass is 267 g/mol. The number of ether oxygens (including phenoxy) is 1. The Hall–Kier alpha value is -1.18. The largest absolute Gasteiger partial charge is 0.481 e. The summed E-state index contributed by atoms with van der Waals surface area (Å²) in [6, 6.07) is 0. The van der Waals surface area contributed by atoms with E-state index in [-0.39, 0.29) is 24.1 Å². The van der Waals surface area contributed by atoms with Crippen molar-refractivity contribution < 1.29 is 17.9 Å². The molecule has 0 bridgehead atoms. The zero-order valence-corrected chi connectivity index (χ0v) is 10.2. The minimum absolute atomic E-state index is 0.0685. The van der Waals surface area contributed by atoms with E-state index in [2.05, 4.69) is 15.3 Å². The van der Waals surface area contributed by atoms with Crippen molar-refractivity contribution in [3.63, 3.8) is 0 Å². The number of nitrogens with zero attached hydrogens (tertiary/aromatic N) is 2. The van der Waals surface area contributed by atoms with Crippen LogP contribution in [0.1, 0.15) is 5.56 Å². The number of hydrogen-bond acceptors (Lipinski definition) is 5. The van der Waals surface area contributed by atoms with Gasteiger partial charge in [-0.05, 0) is 18.7 Å². The molecular formula is C9H12F3N3OS. The fourth-order valence-electron chi connectivity index (χ4n) is 1.15. The van der Waals surface area contributed by atoms with Crippen LogP contribution in [0.15, 0.2) is 6.33 Å². The first-order chi connectivity index (χ1) is 7.94. The highest BCUT2D eigenvalue weighted by atomic mass is 32.2. The lowest BCUT2D eigenvalue weighted by molar-refractivity contribution is -0.0327. The van der Waals surface area contributed by atoms with Crippen molar-refractivity contribution in [1.29, 1.82) is 0 Å². The van der Waals surface area contributed by atoms with E-state index in [1.54, 1.807) is 6.92 Å². The zero-order chi connectivity index (χ0) is 12.9.